The second-order valence-electron chi connectivity index (χ2n) is 9.60. The zero-order valence-corrected chi connectivity index (χ0v) is 20.7. The fraction of sp³-hybridized carbons (Fsp3) is 0.235. The van der Waals surface area contributed by atoms with E-state index in [1.54, 1.807) is 11.1 Å². The van der Waals surface area contributed by atoms with Crippen molar-refractivity contribution >= 4 is 45.3 Å². The quantitative estimate of drug-likeness (QED) is 0.303. The summed E-state index contributed by atoms with van der Waals surface area (Å²) < 4.78 is 4.83. The highest BCUT2D eigenvalue weighted by molar-refractivity contribution is 6.15. The van der Waals surface area contributed by atoms with E-state index in [9.17, 15) is 0 Å². The lowest BCUT2D eigenvalue weighted by molar-refractivity contribution is 0.162. The standard InChI is InChI=1S/C30H22.C4H10O/c1-4-11-25-19(6-1)12-15-27-24-10-3-2-7-22(24)18-29(30(25)27)26-14-13-23-16-20-8-5-9-21(20)17-28(23)26;1-3-5-4-2/h2-3,5,7-10,12-18H,1,4,6,11H2;3-4H2,1-2H3. The Balaban J connectivity index is 0.000000419. The van der Waals surface area contributed by atoms with E-state index >= 15 is 0 Å². The molecule has 0 aromatic heterocycles. The van der Waals surface area contributed by atoms with Gasteiger partial charge in [-0.2, -0.15) is 0 Å². The molecule has 0 bridgehead atoms. The van der Waals surface area contributed by atoms with E-state index < -0.39 is 0 Å². The number of aryl methyl sites for hydroxylation is 2. The maximum Gasteiger partial charge on any atom is 0.0437 e. The third-order valence-electron chi connectivity index (χ3n) is 7.58. The molecule has 0 unspecified atom stereocenters. The summed E-state index contributed by atoms with van der Waals surface area (Å²) in [4.78, 5) is 0. The predicted octanol–water partition coefficient (Wildman–Crippen LogP) is 6.95. The van der Waals surface area contributed by atoms with E-state index in [1.165, 1.54) is 79.9 Å². The van der Waals surface area contributed by atoms with Crippen LogP contribution in [0.1, 0.15) is 54.5 Å². The molecule has 174 valence electrons. The third kappa shape index (κ3) is 3.85. The number of ether oxygens (including phenoxy) is 1. The predicted molar refractivity (Wildman–Crippen MR) is 151 cm³/mol. The van der Waals surface area contributed by atoms with Crippen LogP contribution in [0.4, 0.5) is 0 Å². The van der Waals surface area contributed by atoms with Crippen LogP contribution in [0.5, 0.6) is 0 Å². The number of fused-ring (bicyclic) bond motifs is 7. The van der Waals surface area contributed by atoms with Gasteiger partial charge in [-0.25, -0.2) is 0 Å². The Morgan fingerprint density at radius 3 is 2.46 bits per heavy atom. The zero-order valence-electron chi connectivity index (χ0n) is 20.7. The fourth-order valence-corrected chi connectivity index (χ4v) is 5.94. The highest BCUT2D eigenvalue weighted by Gasteiger charge is 2.21. The molecule has 4 aromatic rings. The number of rotatable bonds is 3. The van der Waals surface area contributed by atoms with Gasteiger partial charge in [0, 0.05) is 13.2 Å². The van der Waals surface area contributed by atoms with Crippen LogP contribution in [-0.4, -0.2) is 13.2 Å². The van der Waals surface area contributed by atoms with E-state index in [0.717, 1.165) is 13.2 Å². The first-order chi connectivity index (χ1) is 17.3. The van der Waals surface area contributed by atoms with Crippen LogP contribution in [0.25, 0.3) is 45.3 Å². The highest BCUT2D eigenvalue weighted by Crippen LogP contribution is 2.40. The van der Waals surface area contributed by atoms with Crippen molar-refractivity contribution in [1.29, 1.82) is 0 Å². The summed E-state index contributed by atoms with van der Waals surface area (Å²) in [7, 11) is 0. The molecule has 7 rings (SSSR count). The number of allylic oxidation sites excluding steroid dienone is 2. The molecule has 0 amide bonds. The number of benzene rings is 4. The van der Waals surface area contributed by atoms with Crippen LogP contribution in [-0.2, 0) is 17.6 Å². The van der Waals surface area contributed by atoms with Crippen LogP contribution in [0.2, 0.25) is 0 Å². The van der Waals surface area contributed by atoms with Crippen molar-refractivity contribution in [2.24, 2.45) is 0 Å². The summed E-state index contributed by atoms with van der Waals surface area (Å²) in [5, 5.41) is 8.28. The van der Waals surface area contributed by atoms with E-state index in [4.69, 9.17) is 4.74 Å². The maximum atomic E-state index is 4.83. The molecule has 0 saturated carbocycles. The summed E-state index contributed by atoms with van der Waals surface area (Å²) in [6.07, 6.45) is 16.3. The smallest absolute Gasteiger partial charge is 0.0437 e. The summed E-state index contributed by atoms with van der Waals surface area (Å²) in [5.74, 6) is 0. The molecule has 0 atom stereocenters. The topological polar surface area (TPSA) is 9.23 Å². The van der Waals surface area contributed by atoms with Crippen LogP contribution >= 0.6 is 0 Å². The molecule has 4 aromatic carbocycles. The Morgan fingerprint density at radius 1 is 0.743 bits per heavy atom. The van der Waals surface area contributed by atoms with Crippen molar-refractivity contribution in [3.05, 3.63) is 105 Å². The lowest BCUT2D eigenvalue weighted by Crippen LogP contribution is -2.14. The molecule has 0 fully saturated rings. The van der Waals surface area contributed by atoms with Crippen molar-refractivity contribution in [2.75, 3.05) is 13.2 Å². The van der Waals surface area contributed by atoms with Crippen molar-refractivity contribution in [1.82, 2.24) is 0 Å². The van der Waals surface area contributed by atoms with Gasteiger partial charge in [0.15, 0.2) is 0 Å². The monoisotopic (exact) mass is 456 g/mol. The van der Waals surface area contributed by atoms with Crippen molar-refractivity contribution in [2.45, 2.75) is 39.5 Å². The Labute approximate surface area is 207 Å². The summed E-state index contributed by atoms with van der Waals surface area (Å²) >= 11 is 0. The molecule has 3 aliphatic carbocycles. The van der Waals surface area contributed by atoms with Crippen LogP contribution in [0.15, 0.2) is 66.7 Å². The summed E-state index contributed by atoms with van der Waals surface area (Å²) in [6.45, 7) is 5.67. The molecular formula is C34H32O. The average molecular weight is 457 g/mol. The minimum absolute atomic E-state index is 0.844. The minimum atomic E-state index is 0.844. The van der Waals surface area contributed by atoms with E-state index in [0.29, 0.717) is 0 Å². The zero-order chi connectivity index (χ0) is 23.8. The molecule has 0 radical (unpaired) electrons. The van der Waals surface area contributed by atoms with Gasteiger partial charge in [0.2, 0.25) is 0 Å². The van der Waals surface area contributed by atoms with Crippen molar-refractivity contribution in [3.63, 3.8) is 0 Å². The summed E-state index contributed by atoms with van der Waals surface area (Å²) in [6, 6.07) is 20.8. The molecular weight excluding hydrogens is 424 g/mol. The van der Waals surface area contributed by atoms with Gasteiger partial charge in [-0.1, -0.05) is 66.8 Å². The van der Waals surface area contributed by atoms with Gasteiger partial charge >= 0.3 is 0 Å². The SMILES string of the molecule is C1=Cc2cc3c(cc2=C1)C(c1cc2ccccc2c2ccc4c(c12)CCCC4)=CC=3.CCOCC. The van der Waals surface area contributed by atoms with Gasteiger partial charge < -0.3 is 4.74 Å². The highest BCUT2D eigenvalue weighted by atomic mass is 16.5. The van der Waals surface area contributed by atoms with Gasteiger partial charge in [0.05, 0.1) is 0 Å². The molecule has 0 heterocycles. The lowest BCUT2D eigenvalue weighted by Gasteiger charge is -2.22. The minimum Gasteiger partial charge on any atom is -0.382 e. The van der Waals surface area contributed by atoms with Gasteiger partial charge in [-0.05, 0) is 123 Å². The molecule has 1 heteroatoms. The van der Waals surface area contributed by atoms with Gasteiger partial charge in [0.25, 0.3) is 0 Å². The molecule has 1 nitrogen and oxygen atoms in total. The first-order valence-electron chi connectivity index (χ1n) is 13.1. The Kier molecular flexibility index (Phi) is 5.88. The van der Waals surface area contributed by atoms with E-state index in [1.807, 2.05) is 13.8 Å². The third-order valence-corrected chi connectivity index (χ3v) is 7.58. The normalized spacial score (nSPS) is 15.0. The average Bonchev–Trinajstić information content (AvgIpc) is 3.53. The number of hydrogen-bond acceptors (Lipinski definition) is 1. The second kappa shape index (κ2) is 9.32. The molecule has 3 aliphatic rings. The Bertz CT molecular complexity index is 1630. The summed E-state index contributed by atoms with van der Waals surface area (Å²) in [5.41, 5.74) is 8.63. The van der Waals surface area contributed by atoms with Gasteiger partial charge in [-0.3, -0.25) is 0 Å². The fourth-order valence-electron chi connectivity index (χ4n) is 5.94. The molecule has 0 spiro atoms. The van der Waals surface area contributed by atoms with E-state index in [2.05, 4.69) is 85.0 Å². The van der Waals surface area contributed by atoms with Gasteiger partial charge in [0.1, 0.15) is 0 Å². The second-order valence-corrected chi connectivity index (χ2v) is 9.60. The van der Waals surface area contributed by atoms with Gasteiger partial charge in [-0.15, -0.1) is 0 Å². The van der Waals surface area contributed by atoms with Crippen LogP contribution in [0, 0.1) is 0 Å². The van der Waals surface area contributed by atoms with Crippen molar-refractivity contribution in [3.8, 4) is 0 Å². The van der Waals surface area contributed by atoms with Crippen LogP contribution < -0.4 is 10.4 Å². The van der Waals surface area contributed by atoms with Crippen molar-refractivity contribution < 1.29 is 4.74 Å². The first kappa shape index (κ1) is 22.1. The van der Waals surface area contributed by atoms with Crippen LogP contribution in [0.3, 0.4) is 0 Å². The maximum absolute atomic E-state index is 4.83. The molecule has 0 aliphatic heterocycles. The first-order valence-corrected chi connectivity index (χ1v) is 13.1. The Morgan fingerprint density at radius 2 is 1.60 bits per heavy atom. The van der Waals surface area contributed by atoms with E-state index in [-0.39, 0.29) is 0 Å². The Hall–Kier alpha value is -3.42. The molecule has 0 saturated heterocycles. The molecule has 35 heavy (non-hydrogen) atoms. The lowest BCUT2D eigenvalue weighted by atomic mass is 9.82. The molecule has 0 N–H and O–H groups in total. The largest absolute Gasteiger partial charge is 0.382 e. The number of hydrogen-bond donors (Lipinski definition) is 0.